The summed E-state index contributed by atoms with van der Waals surface area (Å²) in [5, 5.41) is 4.48. The van der Waals surface area contributed by atoms with Gasteiger partial charge in [0.1, 0.15) is 0 Å². The van der Waals surface area contributed by atoms with Gasteiger partial charge in [-0.3, -0.25) is 4.98 Å². The molecule has 5 nitrogen and oxygen atoms in total. The van der Waals surface area contributed by atoms with Crippen molar-refractivity contribution in [3.8, 4) is 0 Å². The summed E-state index contributed by atoms with van der Waals surface area (Å²) in [5.41, 5.74) is 0.516. The van der Waals surface area contributed by atoms with Crippen LogP contribution in [0, 0.1) is 0 Å². The molecule has 4 rings (SSSR count). The van der Waals surface area contributed by atoms with Gasteiger partial charge in [-0.25, -0.2) is 13.1 Å². The Bertz CT molecular complexity index is 1280. The second kappa shape index (κ2) is 9.29. The highest BCUT2D eigenvalue weighted by Gasteiger charge is 2.35. The molecule has 33 heavy (non-hydrogen) atoms. The van der Waals surface area contributed by atoms with E-state index in [0.29, 0.717) is 36.8 Å². The number of sulfonamides is 1. The Morgan fingerprint density at radius 2 is 1.64 bits per heavy atom. The summed E-state index contributed by atoms with van der Waals surface area (Å²) < 4.78 is 67.2. The number of anilines is 1. The molecule has 0 aliphatic heterocycles. The number of rotatable bonds is 5. The molecule has 1 aliphatic carbocycles. The lowest BCUT2D eigenvalue weighted by atomic mass is 9.91. The minimum atomic E-state index is -4.74. The Morgan fingerprint density at radius 1 is 0.939 bits per heavy atom. The molecular weight excluding hydrogens is 498 g/mol. The zero-order chi connectivity index (χ0) is 23.8. The molecular formula is C22H20Cl2F3N3O2S. The molecule has 11 heteroatoms. The summed E-state index contributed by atoms with van der Waals surface area (Å²) >= 11 is 11.6. The highest BCUT2D eigenvalue weighted by Crippen LogP contribution is 2.36. The van der Waals surface area contributed by atoms with Gasteiger partial charge in [0.25, 0.3) is 0 Å². The largest absolute Gasteiger partial charge is 0.417 e. The lowest BCUT2D eigenvalue weighted by molar-refractivity contribution is -0.137. The van der Waals surface area contributed by atoms with Crippen LogP contribution in [0.15, 0.2) is 53.6 Å². The minimum absolute atomic E-state index is 0.124. The zero-order valence-corrected chi connectivity index (χ0v) is 19.5. The molecule has 0 spiro atoms. The molecule has 0 bridgehead atoms. The fourth-order valence-corrected chi connectivity index (χ4v) is 5.72. The maximum absolute atomic E-state index is 13.1. The number of pyridine rings is 1. The topological polar surface area (TPSA) is 71.1 Å². The Labute approximate surface area is 199 Å². The van der Waals surface area contributed by atoms with E-state index in [0.717, 1.165) is 28.7 Å². The van der Waals surface area contributed by atoms with E-state index >= 15 is 0 Å². The highest BCUT2D eigenvalue weighted by molar-refractivity contribution is 7.89. The lowest BCUT2D eigenvalue weighted by Gasteiger charge is -2.30. The van der Waals surface area contributed by atoms with Crippen molar-refractivity contribution in [2.24, 2.45) is 0 Å². The highest BCUT2D eigenvalue weighted by atomic mass is 35.5. The predicted octanol–water partition coefficient (Wildman–Crippen LogP) is 6.26. The van der Waals surface area contributed by atoms with Crippen molar-refractivity contribution in [1.29, 1.82) is 0 Å². The van der Waals surface area contributed by atoms with Crippen LogP contribution < -0.4 is 10.0 Å². The van der Waals surface area contributed by atoms with Crippen LogP contribution in [-0.2, 0) is 16.2 Å². The van der Waals surface area contributed by atoms with E-state index < -0.39 is 31.7 Å². The van der Waals surface area contributed by atoms with Gasteiger partial charge in [-0.15, -0.1) is 0 Å². The second-order valence-electron chi connectivity index (χ2n) is 7.97. The molecule has 0 atom stereocenters. The minimum Gasteiger partial charge on any atom is -0.382 e. The first-order valence-corrected chi connectivity index (χ1v) is 12.5. The summed E-state index contributed by atoms with van der Waals surface area (Å²) in [6.45, 7) is 0. The van der Waals surface area contributed by atoms with E-state index in [2.05, 4.69) is 15.0 Å². The van der Waals surface area contributed by atoms with E-state index in [-0.39, 0.29) is 12.1 Å². The summed E-state index contributed by atoms with van der Waals surface area (Å²) in [4.78, 5) is 3.87. The second-order valence-corrected chi connectivity index (χ2v) is 10.5. The number of alkyl halides is 3. The number of halogens is 5. The van der Waals surface area contributed by atoms with Crippen LogP contribution in [0.1, 0.15) is 31.2 Å². The molecule has 0 radical (unpaired) electrons. The van der Waals surface area contributed by atoms with Crippen LogP contribution in [0.25, 0.3) is 10.9 Å². The fraction of sp³-hybridized carbons (Fsp3) is 0.318. The first kappa shape index (κ1) is 24.1. The molecule has 0 amide bonds. The van der Waals surface area contributed by atoms with E-state index in [9.17, 15) is 21.6 Å². The van der Waals surface area contributed by atoms with Crippen molar-refractivity contribution >= 4 is 49.8 Å². The van der Waals surface area contributed by atoms with Gasteiger partial charge in [0, 0.05) is 34.4 Å². The molecule has 1 aliphatic rings. The van der Waals surface area contributed by atoms with Gasteiger partial charge in [0.2, 0.25) is 10.0 Å². The number of nitrogens with one attached hydrogen (secondary N) is 2. The molecule has 1 heterocycles. The van der Waals surface area contributed by atoms with Crippen molar-refractivity contribution in [2.75, 3.05) is 5.32 Å². The molecule has 1 saturated carbocycles. The Kier molecular flexibility index (Phi) is 6.77. The van der Waals surface area contributed by atoms with Crippen molar-refractivity contribution in [3.05, 3.63) is 64.3 Å². The standard InChI is InChI=1S/C22H20Cl2F3N3O2S/c23-13-1-7-17-20(9-10-28-21(17)11-13)29-14-2-4-15(5-3-14)30-33(31,32)16-6-8-19(24)18(12-16)22(25,26)27/h1,6-12,14-15,30H,2-5H2,(H,28,29)/t14-,15+. The quantitative estimate of drug-likeness (QED) is 0.418. The third-order valence-electron chi connectivity index (χ3n) is 5.67. The fourth-order valence-electron chi connectivity index (χ4n) is 4.00. The van der Waals surface area contributed by atoms with Crippen molar-refractivity contribution < 1.29 is 21.6 Å². The monoisotopic (exact) mass is 517 g/mol. The molecule has 1 fully saturated rings. The average molecular weight is 518 g/mol. The van der Waals surface area contributed by atoms with Crippen LogP contribution in [0.2, 0.25) is 10.0 Å². The first-order valence-electron chi connectivity index (χ1n) is 10.2. The van der Waals surface area contributed by atoms with Crippen LogP contribution in [0.5, 0.6) is 0 Å². The zero-order valence-electron chi connectivity index (χ0n) is 17.2. The molecule has 176 valence electrons. The maximum Gasteiger partial charge on any atom is 0.417 e. The number of benzene rings is 2. The number of nitrogens with zero attached hydrogens (tertiary/aromatic N) is 1. The SMILES string of the molecule is O=S(=O)(N[C@H]1CC[C@@H](Nc2ccnc3cc(Cl)ccc23)CC1)c1ccc(Cl)c(C(F)(F)F)c1. The number of aromatic nitrogens is 1. The van der Waals surface area contributed by atoms with Crippen LogP contribution in [0.3, 0.4) is 0 Å². The van der Waals surface area contributed by atoms with Crippen molar-refractivity contribution in [2.45, 2.75) is 48.8 Å². The molecule has 2 N–H and O–H groups in total. The van der Waals surface area contributed by atoms with E-state index in [1.807, 2.05) is 12.1 Å². The Hall–Kier alpha value is -2.07. The van der Waals surface area contributed by atoms with E-state index in [1.54, 1.807) is 18.3 Å². The number of hydrogen-bond donors (Lipinski definition) is 2. The van der Waals surface area contributed by atoms with Gasteiger partial charge in [-0.05, 0) is 68.1 Å². The summed E-state index contributed by atoms with van der Waals surface area (Å²) in [6, 6.07) is 9.71. The van der Waals surface area contributed by atoms with Gasteiger partial charge in [-0.1, -0.05) is 23.2 Å². The van der Waals surface area contributed by atoms with Gasteiger partial charge in [0.15, 0.2) is 0 Å². The normalized spacial score (nSPS) is 19.5. The van der Waals surface area contributed by atoms with Crippen molar-refractivity contribution in [3.63, 3.8) is 0 Å². The number of hydrogen-bond acceptors (Lipinski definition) is 4. The summed E-state index contributed by atoms with van der Waals surface area (Å²) in [6.07, 6.45) is -0.564. The average Bonchev–Trinajstić information content (AvgIpc) is 2.74. The third kappa shape index (κ3) is 5.54. The third-order valence-corrected chi connectivity index (χ3v) is 7.75. The van der Waals surface area contributed by atoms with Gasteiger partial charge in [0.05, 0.1) is 21.0 Å². The van der Waals surface area contributed by atoms with Crippen LogP contribution in [-0.4, -0.2) is 25.5 Å². The van der Waals surface area contributed by atoms with Crippen molar-refractivity contribution in [1.82, 2.24) is 9.71 Å². The Balaban J connectivity index is 1.41. The summed E-state index contributed by atoms with van der Waals surface area (Å²) in [7, 11) is -4.12. The Morgan fingerprint density at radius 3 is 2.33 bits per heavy atom. The molecule has 1 aromatic heterocycles. The molecule has 0 saturated heterocycles. The van der Waals surface area contributed by atoms with Gasteiger partial charge >= 0.3 is 6.18 Å². The molecule has 2 aromatic carbocycles. The van der Waals surface area contributed by atoms with E-state index in [4.69, 9.17) is 23.2 Å². The molecule has 3 aromatic rings. The maximum atomic E-state index is 13.1. The van der Waals surface area contributed by atoms with Gasteiger partial charge < -0.3 is 5.32 Å². The lowest BCUT2D eigenvalue weighted by Crippen LogP contribution is -2.40. The molecule has 0 unspecified atom stereocenters. The van der Waals surface area contributed by atoms with Crippen LogP contribution >= 0.6 is 23.2 Å². The smallest absolute Gasteiger partial charge is 0.382 e. The summed E-state index contributed by atoms with van der Waals surface area (Å²) in [5.74, 6) is 0. The first-order chi connectivity index (χ1) is 15.5. The predicted molar refractivity (Wildman–Crippen MR) is 123 cm³/mol. The number of fused-ring (bicyclic) bond motifs is 1. The van der Waals surface area contributed by atoms with Gasteiger partial charge in [-0.2, -0.15) is 13.2 Å². The van der Waals surface area contributed by atoms with E-state index in [1.165, 1.54) is 0 Å². The van der Waals surface area contributed by atoms with Crippen LogP contribution in [0.4, 0.5) is 18.9 Å².